The monoisotopic (exact) mass is 1820 g/mol. The summed E-state index contributed by atoms with van der Waals surface area (Å²) in [7, 11) is 0. The summed E-state index contributed by atoms with van der Waals surface area (Å²) < 4.78 is 0. The van der Waals surface area contributed by atoms with E-state index in [2.05, 4.69) is 10.3 Å². The van der Waals surface area contributed by atoms with Gasteiger partial charge in [0.25, 0.3) is 0 Å². The van der Waals surface area contributed by atoms with Gasteiger partial charge in [-0.25, -0.2) is 0 Å². The Balaban J connectivity index is 1.10. The van der Waals surface area contributed by atoms with Gasteiger partial charge in [0.2, 0.25) is 70.9 Å². The van der Waals surface area contributed by atoms with Crippen LogP contribution >= 0.6 is 0 Å². The Morgan fingerprint density at radius 2 is 0.504 bits per heavy atom. The molecule has 8 aromatic rings. The molecule has 0 radical (unpaired) electrons. The maximum atomic E-state index is 15.9. The Morgan fingerprint density at radius 3 is 0.797 bits per heavy atom. The van der Waals surface area contributed by atoms with Crippen LogP contribution in [0.3, 0.4) is 0 Å². The summed E-state index contributed by atoms with van der Waals surface area (Å²) in [5.41, 5.74) is 41.8. The number of fused-ring (bicyclic) bond motifs is 1. The number of aromatic nitrogens is 1. The number of rotatable bonds is 59. The van der Waals surface area contributed by atoms with E-state index >= 15 is 43.2 Å². The molecule has 0 fully saturated rings. The molecule has 31 heteroatoms. The Morgan fingerprint density at radius 1 is 0.271 bits per heavy atom. The molecule has 0 aliphatic rings. The van der Waals surface area contributed by atoms with Gasteiger partial charge in [-0.05, 0) is 196 Å². The second kappa shape index (κ2) is 56.4. The van der Waals surface area contributed by atoms with Crippen LogP contribution in [0.2, 0.25) is 0 Å². The smallest absolute Gasteiger partial charge is 0.243 e. The number of aromatic amines is 1. The summed E-state index contributed by atoms with van der Waals surface area (Å²) in [5, 5.41) is 4.09. The molecule has 0 aliphatic heterocycles. The lowest BCUT2D eigenvalue weighted by Gasteiger charge is -2.36. The van der Waals surface area contributed by atoms with Crippen molar-refractivity contribution >= 4 is 81.8 Å². The number of amides is 12. The van der Waals surface area contributed by atoms with Crippen molar-refractivity contribution in [3.8, 4) is 0 Å². The molecule has 0 aliphatic carbocycles. The molecule has 0 unspecified atom stereocenters. The topological polar surface area (TPSA) is 424 Å². The van der Waals surface area contributed by atoms with Gasteiger partial charge in [0.05, 0.1) is 82.1 Å². The molecule has 1 heterocycles. The van der Waals surface area contributed by atoms with Gasteiger partial charge in [-0.1, -0.05) is 200 Å². The Hall–Kier alpha value is -12.5. The van der Waals surface area contributed by atoms with E-state index in [1.807, 2.05) is 171 Å². The Bertz CT molecular complexity index is 4950. The molecule has 0 bridgehead atoms. The molecule has 8 rings (SSSR count). The average Bonchev–Trinajstić information content (AvgIpc) is 1.15. The van der Waals surface area contributed by atoms with Crippen LogP contribution in [0.4, 0.5) is 0 Å². The molecule has 31 nitrogen and oxygen atoms in total. The van der Waals surface area contributed by atoms with Gasteiger partial charge in [-0.3, -0.25) is 57.5 Å². The summed E-state index contributed by atoms with van der Waals surface area (Å²) in [6.07, 6.45) is 6.74. The molecule has 6 atom stereocenters. The highest BCUT2D eigenvalue weighted by molar-refractivity contribution is 5.96. The van der Waals surface area contributed by atoms with Crippen LogP contribution in [-0.2, 0) is 64.0 Å². The SMILES string of the molecule is C[C@@H](c1ccccc1)N(CC(N)=O)C(=O)CN(C(=O)CN(CCCCN)C(=O)CN(C(=O)CN(CCCCN)C(=O)CN(CCCCN)C(=O)CN(CCc1c[nH]c2ccccc12)C(=O)CN(C(=O)CN(CCCCN)C(=O)CN(C(=O)CN(C(=O)CNCCCCN)[C@@H](C)c1ccccc1)[C@@H](C)c1ccccc1)[C@@H](C)c1ccccc1)[C@@H](C)c1ccccc1)[C@@H](C)c1ccccc1. The van der Waals surface area contributed by atoms with Gasteiger partial charge >= 0.3 is 0 Å². The van der Waals surface area contributed by atoms with Crippen LogP contribution in [0.5, 0.6) is 0 Å². The fourth-order valence-corrected chi connectivity index (χ4v) is 16.3. The number of hydrogen-bond acceptors (Lipinski definition) is 18. The highest BCUT2D eigenvalue weighted by Crippen LogP contribution is 2.30. The van der Waals surface area contributed by atoms with E-state index in [1.165, 1.54) is 53.9 Å². The summed E-state index contributed by atoms with van der Waals surface area (Å²) in [6.45, 7) is 6.76. The van der Waals surface area contributed by atoms with E-state index in [9.17, 15) is 14.4 Å². The molecule has 7 aromatic carbocycles. The van der Waals surface area contributed by atoms with E-state index in [-0.39, 0.29) is 77.8 Å². The molecule has 0 saturated heterocycles. The number of nitrogens with two attached hydrogens (primary N) is 6. The van der Waals surface area contributed by atoms with Crippen molar-refractivity contribution < 1.29 is 57.5 Å². The summed E-state index contributed by atoms with van der Waals surface area (Å²) >= 11 is 0. The molecule has 0 saturated carbocycles. The summed E-state index contributed by atoms with van der Waals surface area (Å²) in [6, 6.07) is 58.1. The average molecular weight is 1830 g/mol. The first-order chi connectivity index (χ1) is 64.2. The quantitative estimate of drug-likeness (QED) is 0.0167. The number of para-hydroxylation sites is 1. The molecule has 1 aromatic heterocycles. The van der Waals surface area contributed by atoms with Gasteiger partial charge in [-0.15, -0.1) is 0 Å². The standard InChI is InChI=1S/C102H141N19O12/c1-76(82-37-13-7-14-38-82)116(65-91(108)122)101(132)75-121(81(6)87-47-23-12-24-48-87)100(131)70-114(61-36-31-56-107)95(126)71-118(78(3)84-41-17-9-18-42-84)98(129)68-112(59-34-29-54-105)93(124)66-111(58-33-28-53-104)94(125)67-115(62-51-88-63-110-90-50-26-25-49-89(88)90)97(128)73-119(79(4)85-43-19-10-20-44-85)99(130)69-113(60-35-30-55-106)96(127)72-120(80(5)86-45-21-11-22-46-86)102(133)74-117(77(2)83-39-15-8-16-40-83)92(123)64-109-57-32-27-52-103/h7-26,37-50,63,76-81,109-110H,27-36,51-62,64-75,103-107H2,1-6H3,(H2,108,122)/t76-,77-,78-,79-,80-,81-/m0/s1. The predicted octanol–water partition coefficient (Wildman–Crippen LogP) is 8.16. The molecule has 14 N–H and O–H groups in total. The normalized spacial score (nSPS) is 12.5. The number of carbonyl (C=O) groups excluding carboxylic acids is 12. The van der Waals surface area contributed by atoms with Gasteiger partial charge in [0.1, 0.15) is 32.7 Å². The first-order valence-electron chi connectivity index (χ1n) is 46.7. The number of H-pyrrole nitrogens is 1. The van der Waals surface area contributed by atoms with E-state index in [4.69, 9.17) is 34.4 Å². The van der Waals surface area contributed by atoms with Crippen LogP contribution in [0.15, 0.2) is 212 Å². The predicted molar refractivity (Wildman–Crippen MR) is 518 cm³/mol. The largest absolute Gasteiger partial charge is 0.368 e. The van der Waals surface area contributed by atoms with Crippen LogP contribution in [0, 0.1) is 0 Å². The minimum Gasteiger partial charge on any atom is -0.368 e. The van der Waals surface area contributed by atoms with E-state index < -0.39 is 173 Å². The highest BCUT2D eigenvalue weighted by atomic mass is 16.2. The maximum Gasteiger partial charge on any atom is 0.243 e. The minimum absolute atomic E-state index is 0.00871. The number of hydrogen-bond donors (Lipinski definition) is 8. The number of nitrogens with zero attached hydrogens (tertiary/aromatic N) is 11. The second-order valence-corrected chi connectivity index (χ2v) is 34.0. The number of nitrogens with one attached hydrogen (secondary N) is 2. The molecule has 716 valence electrons. The molecular weight excluding hydrogens is 1680 g/mol. The number of unbranched alkanes of at least 4 members (excludes halogenated alkanes) is 5. The van der Waals surface area contributed by atoms with Gasteiger partial charge < -0.3 is 98.6 Å². The minimum atomic E-state index is -0.823. The third-order valence-corrected chi connectivity index (χ3v) is 24.6. The van der Waals surface area contributed by atoms with E-state index in [1.54, 1.807) is 83.1 Å². The third kappa shape index (κ3) is 33.0. The third-order valence-electron chi connectivity index (χ3n) is 24.6. The molecule has 133 heavy (non-hydrogen) atoms. The lowest BCUT2D eigenvalue weighted by Crippen LogP contribution is -2.53. The lowest BCUT2D eigenvalue weighted by molar-refractivity contribution is -0.151. The molecule has 12 amide bonds. The number of primary amides is 1. The van der Waals surface area contributed by atoms with Crippen molar-refractivity contribution in [2.24, 2.45) is 34.4 Å². The van der Waals surface area contributed by atoms with Crippen molar-refractivity contribution in [1.29, 1.82) is 0 Å². The van der Waals surface area contributed by atoms with Crippen molar-refractivity contribution in [3.05, 3.63) is 251 Å². The number of benzene rings is 7. The van der Waals surface area contributed by atoms with Crippen molar-refractivity contribution in [3.63, 3.8) is 0 Å². The first kappa shape index (κ1) is 106. The second-order valence-electron chi connectivity index (χ2n) is 34.0. The zero-order valence-corrected chi connectivity index (χ0v) is 78.5. The van der Waals surface area contributed by atoms with Crippen LogP contribution in [0.25, 0.3) is 10.9 Å². The highest BCUT2D eigenvalue weighted by Gasteiger charge is 2.38. The van der Waals surface area contributed by atoms with Crippen LogP contribution in [-0.4, -0.2) is 280 Å². The summed E-state index contributed by atoms with van der Waals surface area (Å²) in [4.78, 5) is 201. The zero-order chi connectivity index (χ0) is 96.1. The van der Waals surface area contributed by atoms with Crippen molar-refractivity contribution in [2.75, 3.05) is 151 Å². The fourth-order valence-electron chi connectivity index (χ4n) is 16.3. The Kier molecular flexibility index (Phi) is 44.9. The van der Waals surface area contributed by atoms with Crippen molar-refractivity contribution in [1.82, 2.24) is 64.2 Å². The van der Waals surface area contributed by atoms with Crippen molar-refractivity contribution in [2.45, 2.75) is 148 Å². The fraction of sp³-hybridized carbons (Fsp3) is 0.451. The zero-order valence-electron chi connectivity index (χ0n) is 78.5. The Labute approximate surface area is 784 Å². The number of carbonyl (C=O) groups is 12. The maximum absolute atomic E-state index is 15.9. The molecule has 0 spiro atoms. The summed E-state index contributed by atoms with van der Waals surface area (Å²) in [5.74, 6) is -7.23. The van der Waals surface area contributed by atoms with Gasteiger partial charge in [-0.2, -0.15) is 0 Å². The lowest BCUT2D eigenvalue weighted by atomic mass is 10.1. The van der Waals surface area contributed by atoms with Gasteiger partial charge in [0.15, 0.2) is 0 Å². The first-order valence-corrected chi connectivity index (χ1v) is 46.7. The van der Waals surface area contributed by atoms with Crippen LogP contribution in [0.1, 0.15) is 181 Å². The van der Waals surface area contributed by atoms with E-state index in [0.717, 1.165) is 40.4 Å². The van der Waals surface area contributed by atoms with Crippen LogP contribution < -0.4 is 39.7 Å². The molecular formula is C102H141N19O12. The van der Waals surface area contributed by atoms with E-state index in [0.29, 0.717) is 86.7 Å². The van der Waals surface area contributed by atoms with Gasteiger partial charge in [0, 0.05) is 49.8 Å².